The first-order valence-corrected chi connectivity index (χ1v) is 8.47. The van der Waals surface area contributed by atoms with Gasteiger partial charge >= 0.3 is 5.97 Å². The maximum absolute atomic E-state index is 12.6. The van der Waals surface area contributed by atoms with Crippen LogP contribution in [0.25, 0.3) is 0 Å². The average molecular weight is 361 g/mol. The lowest BCUT2D eigenvalue weighted by Gasteiger charge is -2.18. The van der Waals surface area contributed by atoms with Crippen molar-refractivity contribution in [3.63, 3.8) is 0 Å². The van der Waals surface area contributed by atoms with E-state index in [0.29, 0.717) is 0 Å². The molecule has 0 bridgehead atoms. The SMILES string of the molecule is O=C(O)CNS(=O)(=O)c1cc2c(cc1O)C(=O)c1ccccc1C2=O. The molecular formula is C16H11NO7S. The molecule has 1 aliphatic rings. The Balaban J connectivity index is 2.15. The van der Waals surface area contributed by atoms with E-state index < -0.39 is 44.7 Å². The lowest BCUT2D eigenvalue weighted by molar-refractivity contribution is -0.135. The van der Waals surface area contributed by atoms with E-state index in [1.54, 1.807) is 16.9 Å². The van der Waals surface area contributed by atoms with Gasteiger partial charge in [-0.3, -0.25) is 14.4 Å². The van der Waals surface area contributed by atoms with E-state index in [2.05, 4.69) is 0 Å². The van der Waals surface area contributed by atoms with Gasteiger partial charge in [0.15, 0.2) is 11.6 Å². The molecule has 3 rings (SSSR count). The van der Waals surface area contributed by atoms with E-state index in [4.69, 9.17) is 5.11 Å². The number of carbonyl (C=O) groups excluding carboxylic acids is 2. The molecule has 0 heterocycles. The maximum atomic E-state index is 12.6. The van der Waals surface area contributed by atoms with Gasteiger partial charge in [0.1, 0.15) is 17.2 Å². The second kappa shape index (κ2) is 5.80. The Morgan fingerprint density at radius 1 is 0.960 bits per heavy atom. The number of carboxylic acids is 1. The minimum absolute atomic E-state index is 0.113. The van der Waals surface area contributed by atoms with Crippen molar-refractivity contribution in [2.75, 3.05) is 6.54 Å². The molecule has 0 spiro atoms. The molecule has 0 amide bonds. The Bertz CT molecular complexity index is 1040. The Hall–Kier alpha value is -3.04. The first-order valence-electron chi connectivity index (χ1n) is 6.99. The van der Waals surface area contributed by atoms with Crippen LogP contribution in [0.1, 0.15) is 31.8 Å². The number of fused-ring (bicyclic) bond motifs is 2. The number of aliphatic carboxylic acids is 1. The molecule has 8 nitrogen and oxygen atoms in total. The van der Waals surface area contributed by atoms with Gasteiger partial charge in [0, 0.05) is 22.3 Å². The second-order valence-electron chi connectivity index (χ2n) is 5.29. The fraction of sp³-hybridized carbons (Fsp3) is 0.0625. The minimum atomic E-state index is -4.38. The summed E-state index contributed by atoms with van der Waals surface area (Å²) in [5, 5.41) is 18.6. The van der Waals surface area contributed by atoms with Crippen molar-refractivity contribution in [3.8, 4) is 5.75 Å². The highest BCUT2D eigenvalue weighted by atomic mass is 32.2. The molecule has 3 N–H and O–H groups in total. The highest BCUT2D eigenvalue weighted by Gasteiger charge is 2.32. The number of sulfonamides is 1. The van der Waals surface area contributed by atoms with Crippen LogP contribution in [0.3, 0.4) is 0 Å². The van der Waals surface area contributed by atoms with E-state index in [1.165, 1.54) is 12.1 Å². The van der Waals surface area contributed by atoms with Crippen molar-refractivity contribution < 1.29 is 33.0 Å². The number of rotatable bonds is 4. The third-order valence-corrected chi connectivity index (χ3v) is 5.14. The van der Waals surface area contributed by atoms with Gasteiger partial charge in [0.05, 0.1) is 0 Å². The molecule has 0 radical (unpaired) electrons. The number of aromatic hydroxyl groups is 1. The monoisotopic (exact) mass is 361 g/mol. The Morgan fingerprint density at radius 2 is 1.48 bits per heavy atom. The predicted octanol–water partition coefficient (Wildman–Crippen LogP) is 0.530. The van der Waals surface area contributed by atoms with Crippen LogP contribution in [0.2, 0.25) is 0 Å². The van der Waals surface area contributed by atoms with E-state index in [-0.39, 0.29) is 22.3 Å². The number of phenolic OH excluding ortho intramolecular Hbond substituents is 1. The number of hydrogen-bond acceptors (Lipinski definition) is 6. The molecule has 0 fully saturated rings. The van der Waals surface area contributed by atoms with Crippen LogP contribution in [0.5, 0.6) is 5.75 Å². The zero-order valence-corrected chi connectivity index (χ0v) is 13.3. The lowest BCUT2D eigenvalue weighted by atomic mass is 9.84. The quantitative estimate of drug-likeness (QED) is 0.616. The zero-order chi connectivity index (χ0) is 18.4. The van der Waals surface area contributed by atoms with Crippen molar-refractivity contribution in [1.82, 2.24) is 4.72 Å². The van der Waals surface area contributed by atoms with Crippen LogP contribution >= 0.6 is 0 Å². The molecule has 1 aliphatic carbocycles. The molecule has 0 aliphatic heterocycles. The van der Waals surface area contributed by atoms with Gasteiger partial charge in [0.2, 0.25) is 10.0 Å². The maximum Gasteiger partial charge on any atom is 0.318 e. The van der Waals surface area contributed by atoms with Crippen molar-refractivity contribution in [3.05, 3.63) is 58.7 Å². The van der Waals surface area contributed by atoms with Gasteiger partial charge in [-0.05, 0) is 12.1 Å². The zero-order valence-electron chi connectivity index (χ0n) is 12.5. The summed E-state index contributed by atoms with van der Waals surface area (Å²) < 4.78 is 26.1. The van der Waals surface area contributed by atoms with Crippen LogP contribution in [0.4, 0.5) is 0 Å². The summed E-state index contributed by atoms with van der Waals surface area (Å²) in [6.07, 6.45) is 0. The summed E-state index contributed by atoms with van der Waals surface area (Å²) in [5.74, 6) is -3.23. The van der Waals surface area contributed by atoms with Gasteiger partial charge < -0.3 is 10.2 Å². The number of nitrogens with one attached hydrogen (secondary N) is 1. The number of hydrogen-bond donors (Lipinski definition) is 3. The van der Waals surface area contributed by atoms with Crippen LogP contribution < -0.4 is 4.72 Å². The third-order valence-electron chi connectivity index (χ3n) is 3.71. The summed E-state index contributed by atoms with van der Waals surface area (Å²) in [6.45, 7) is -0.894. The summed E-state index contributed by atoms with van der Waals surface area (Å²) >= 11 is 0. The van der Waals surface area contributed by atoms with Crippen LogP contribution in [0.15, 0.2) is 41.3 Å². The molecule has 0 saturated heterocycles. The number of benzene rings is 2. The van der Waals surface area contributed by atoms with E-state index in [1.807, 2.05) is 0 Å². The van der Waals surface area contributed by atoms with Crippen LogP contribution in [0, 0.1) is 0 Å². The van der Waals surface area contributed by atoms with Gasteiger partial charge in [-0.1, -0.05) is 24.3 Å². The van der Waals surface area contributed by atoms with Gasteiger partial charge in [0.25, 0.3) is 0 Å². The molecule has 9 heteroatoms. The van der Waals surface area contributed by atoms with Crippen molar-refractivity contribution in [2.45, 2.75) is 4.90 Å². The van der Waals surface area contributed by atoms with E-state index >= 15 is 0 Å². The number of carbonyl (C=O) groups is 3. The van der Waals surface area contributed by atoms with E-state index in [0.717, 1.165) is 12.1 Å². The molecule has 25 heavy (non-hydrogen) atoms. The van der Waals surface area contributed by atoms with Gasteiger partial charge in [-0.2, -0.15) is 4.72 Å². The van der Waals surface area contributed by atoms with E-state index in [9.17, 15) is 27.9 Å². The van der Waals surface area contributed by atoms with Crippen molar-refractivity contribution >= 4 is 27.6 Å². The molecule has 2 aromatic carbocycles. The summed E-state index contributed by atoms with van der Waals surface area (Å²) in [6, 6.07) is 7.85. The molecule has 0 saturated carbocycles. The van der Waals surface area contributed by atoms with Crippen LogP contribution in [-0.4, -0.2) is 42.7 Å². The second-order valence-corrected chi connectivity index (χ2v) is 7.02. The number of carboxylic acid groups (broad SMARTS) is 1. The average Bonchev–Trinajstić information content (AvgIpc) is 2.57. The lowest BCUT2D eigenvalue weighted by Crippen LogP contribution is -2.30. The topological polar surface area (TPSA) is 138 Å². The van der Waals surface area contributed by atoms with Gasteiger partial charge in [-0.25, -0.2) is 8.42 Å². The summed E-state index contributed by atoms with van der Waals surface area (Å²) in [7, 11) is -4.38. The largest absolute Gasteiger partial charge is 0.507 e. The highest BCUT2D eigenvalue weighted by Crippen LogP contribution is 2.33. The third kappa shape index (κ3) is 2.79. The molecule has 0 atom stereocenters. The Labute approximate surface area is 141 Å². The molecule has 0 aromatic heterocycles. The van der Waals surface area contributed by atoms with Gasteiger partial charge in [-0.15, -0.1) is 0 Å². The molecule has 0 unspecified atom stereocenters. The van der Waals surface area contributed by atoms with Crippen LogP contribution in [-0.2, 0) is 14.8 Å². The minimum Gasteiger partial charge on any atom is -0.507 e. The number of phenols is 1. The summed E-state index contributed by atoms with van der Waals surface area (Å²) in [4.78, 5) is 34.9. The fourth-order valence-corrected chi connectivity index (χ4v) is 3.64. The highest BCUT2D eigenvalue weighted by molar-refractivity contribution is 7.89. The molecule has 128 valence electrons. The number of ketones is 2. The smallest absolute Gasteiger partial charge is 0.318 e. The Morgan fingerprint density at radius 3 is 2.00 bits per heavy atom. The first-order chi connectivity index (χ1) is 11.7. The fourth-order valence-electron chi connectivity index (χ4n) is 2.56. The normalized spacial score (nSPS) is 13.3. The predicted molar refractivity (Wildman–Crippen MR) is 84.2 cm³/mol. The molecule has 2 aromatic rings. The first kappa shape index (κ1) is 16.8. The summed E-state index contributed by atoms with van der Waals surface area (Å²) in [5.41, 5.74) is 0.0159. The molecular weight excluding hydrogens is 350 g/mol. The Kier molecular flexibility index (Phi) is 3.90. The van der Waals surface area contributed by atoms with Crippen molar-refractivity contribution in [2.24, 2.45) is 0 Å². The standard InChI is InChI=1S/C16H11NO7S/c18-12-5-10-11(6-13(12)25(23,24)17-7-14(19)20)16(22)9-4-2-1-3-8(9)15(10)21/h1-6,17-18H,7H2,(H,19,20). The van der Waals surface area contributed by atoms with Crippen molar-refractivity contribution in [1.29, 1.82) is 0 Å².